The number of carbonyl (C=O) groups excluding carboxylic acids is 2. The van der Waals surface area contributed by atoms with E-state index in [1.807, 2.05) is 35.2 Å². The summed E-state index contributed by atoms with van der Waals surface area (Å²) in [6, 6.07) is 16.0. The van der Waals surface area contributed by atoms with Crippen molar-refractivity contribution in [1.29, 1.82) is 0 Å². The van der Waals surface area contributed by atoms with Gasteiger partial charge < -0.3 is 15.1 Å². The normalized spacial score (nSPS) is 18.3. The van der Waals surface area contributed by atoms with Crippen LogP contribution in [0.5, 0.6) is 0 Å². The van der Waals surface area contributed by atoms with Crippen LogP contribution in [0.3, 0.4) is 0 Å². The van der Waals surface area contributed by atoms with E-state index in [4.69, 9.17) is 11.6 Å². The zero-order valence-electron chi connectivity index (χ0n) is 19.1. The van der Waals surface area contributed by atoms with Crippen LogP contribution in [-0.4, -0.2) is 84.9 Å². The lowest BCUT2D eigenvalue weighted by atomic mass is 10.0. The smallest absolute Gasteiger partial charge is 0.251 e. The van der Waals surface area contributed by atoms with E-state index in [0.717, 1.165) is 31.7 Å². The molecule has 0 spiro atoms. The number of halogens is 1. The van der Waals surface area contributed by atoms with E-state index < -0.39 is 6.04 Å². The fourth-order valence-electron chi connectivity index (χ4n) is 4.59. The highest BCUT2D eigenvalue weighted by Crippen LogP contribution is 2.13. The third-order valence-corrected chi connectivity index (χ3v) is 6.86. The summed E-state index contributed by atoms with van der Waals surface area (Å²) in [5.41, 5.74) is 1.52. The van der Waals surface area contributed by atoms with Gasteiger partial charge in [0, 0.05) is 56.3 Å². The maximum Gasteiger partial charge on any atom is 0.251 e. The maximum absolute atomic E-state index is 13.5. The minimum absolute atomic E-state index is 0.0136. The van der Waals surface area contributed by atoms with Crippen molar-refractivity contribution in [2.24, 2.45) is 0 Å². The molecule has 2 amide bonds. The molecule has 0 aromatic heterocycles. The van der Waals surface area contributed by atoms with Crippen LogP contribution in [0.2, 0.25) is 5.02 Å². The molecule has 176 valence electrons. The van der Waals surface area contributed by atoms with Crippen LogP contribution in [0.25, 0.3) is 0 Å². The number of carbonyl (C=O) groups is 2. The van der Waals surface area contributed by atoms with E-state index in [1.54, 1.807) is 24.3 Å². The highest BCUT2D eigenvalue weighted by Gasteiger charge is 2.29. The van der Waals surface area contributed by atoms with Crippen molar-refractivity contribution < 1.29 is 9.59 Å². The fourth-order valence-corrected chi connectivity index (χ4v) is 4.72. The number of piperazine rings is 1. The fraction of sp³-hybridized carbons (Fsp3) is 0.462. The molecule has 33 heavy (non-hydrogen) atoms. The third kappa shape index (κ3) is 6.79. The Balaban J connectivity index is 1.36. The molecule has 7 heteroatoms. The minimum atomic E-state index is -0.605. The van der Waals surface area contributed by atoms with Gasteiger partial charge in [0.2, 0.25) is 5.91 Å². The number of benzene rings is 2. The molecule has 0 aliphatic carbocycles. The van der Waals surface area contributed by atoms with Crippen LogP contribution >= 0.6 is 11.6 Å². The summed E-state index contributed by atoms with van der Waals surface area (Å²) < 4.78 is 0. The summed E-state index contributed by atoms with van der Waals surface area (Å²) in [4.78, 5) is 33.2. The summed E-state index contributed by atoms with van der Waals surface area (Å²) in [6.45, 7) is 7.75. The highest BCUT2D eigenvalue weighted by atomic mass is 35.5. The first kappa shape index (κ1) is 23.7. The molecule has 4 rings (SSSR count). The summed E-state index contributed by atoms with van der Waals surface area (Å²) in [7, 11) is 0. The molecule has 1 N–H and O–H groups in total. The van der Waals surface area contributed by atoms with Gasteiger partial charge in [-0.3, -0.25) is 14.5 Å². The van der Waals surface area contributed by atoms with Gasteiger partial charge in [-0.2, -0.15) is 0 Å². The van der Waals surface area contributed by atoms with Gasteiger partial charge in [0.1, 0.15) is 6.04 Å². The summed E-state index contributed by atoms with van der Waals surface area (Å²) >= 11 is 5.95. The molecule has 2 heterocycles. The number of likely N-dealkylation sites (tertiary alicyclic amines) is 1. The molecule has 6 nitrogen and oxygen atoms in total. The molecule has 2 aliphatic rings. The van der Waals surface area contributed by atoms with E-state index in [-0.39, 0.29) is 11.8 Å². The zero-order valence-corrected chi connectivity index (χ0v) is 19.8. The number of hydrogen-bond donors (Lipinski definition) is 1. The standard InChI is InChI=1S/C26H33ClN4O2/c27-23-10-8-22(9-11-23)25(32)28-24(20-21-6-2-1-3-7-21)26(33)31-18-16-30(17-19-31)15-14-29-12-4-5-13-29/h1-3,6-11,24H,4-5,12-20H2,(H,28,32). The quantitative estimate of drug-likeness (QED) is 0.647. The Morgan fingerprint density at radius 1 is 0.818 bits per heavy atom. The van der Waals surface area contributed by atoms with E-state index >= 15 is 0 Å². The zero-order chi connectivity index (χ0) is 23.0. The highest BCUT2D eigenvalue weighted by molar-refractivity contribution is 6.30. The Bertz CT molecular complexity index is 908. The van der Waals surface area contributed by atoms with Crippen LogP contribution in [0.15, 0.2) is 54.6 Å². The molecule has 2 saturated heterocycles. The average molecular weight is 469 g/mol. The van der Waals surface area contributed by atoms with Crippen LogP contribution < -0.4 is 5.32 Å². The molecule has 2 aromatic carbocycles. The summed E-state index contributed by atoms with van der Waals surface area (Å²) in [5, 5.41) is 3.55. The predicted octanol–water partition coefficient (Wildman–Crippen LogP) is 2.92. The summed E-state index contributed by atoms with van der Waals surface area (Å²) in [6.07, 6.45) is 3.09. The molecular weight excluding hydrogens is 436 g/mol. The second-order valence-corrected chi connectivity index (χ2v) is 9.37. The number of rotatable bonds is 8. The van der Waals surface area contributed by atoms with Gasteiger partial charge in [0.15, 0.2) is 0 Å². The van der Waals surface area contributed by atoms with Gasteiger partial charge in [-0.15, -0.1) is 0 Å². The van der Waals surface area contributed by atoms with Crippen LogP contribution in [-0.2, 0) is 11.2 Å². The lowest BCUT2D eigenvalue weighted by Gasteiger charge is -2.37. The molecule has 0 bridgehead atoms. The van der Waals surface area contributed by atoms with E-state index in [9.17, 15) is 9.59 Å². The Hall–Kier alpha value is -2.41. The Kier molecular flexibility index (Phi) is 8.37. The molecule has 2 aliphatic heterocycles. The average Bonchev–Trinajstić information content (AvgIpc) is 3.37. The largest absolute Gasteiger partial charge is 0.340 e. The molecule has 2 fully saturated rings. The molecule has 1 atom stereocenters. The van der Waals surface area contributed by atoms with Gasteiger partial charge in [0.05, 0.1) is 0 Å². The molecule has 1 unspecified atom stereocenters. The number of nitrogens with one attached hydrogen (secondary N) is 1. The SMILES string of the molecule is O=C(NC(Cc1ccccc1)C(=O)N1CCN(CCN2CCCC2)CC1)c1ccc(Cl)cc1. The summed E-state index contributed by atoms with van der Waals surface area (Å²) in [5.74, 6) is -0.273. The molecule has 0 radical (unpaired) electrons. The maximum atomic E-state index is 13.5. The van der Waals surface area contributed by atoms with Gasteiger partial charge in [-0.25, -0.2) is 0 Å². The van der Waals surface area contributed by atoms with Gasteiger partial charge >= 0.3 is 0 Å². The molecule has 2 aromatic rings. The van der Waals surface area contributed by atoms with Crippen molar-refractivity contribution in [2.75, 3.05) is 52.4 Å². The number of nitrogens with zero attached hydrogens (tertiary/aromatic N) is 3. The predicted molar refractivity (Wildman–Crippen MR) is 132 cm³/mol. The van der Waals surface area contributed by atoms with Crippen molar-refractivity contribution in [3.63, 3.8) is 0 Å². The lowest BCUT2D eigenvalue weighted by Crippen LogP contribution is -2.56. The van der Waals surface area contributed by atoms with Gasteiger partial charge in [-0.05, 0) is 55.8 Å². The topological polar surface area (TPSA) is 55.9 Å². The number of amides is 2. The van der Waals surface area contributed by atoms with E-state index in [0.29, 0.717) is 30.1 Å². The second kappa shape index (κ2) is 11.6. The van der Waals surface area contributed by atoms with Crippen LogP contribution in [0, 0.1) is 0 Å². The third-order valence-electron chi connectivity index (χ3n) is 6.61. The first-order chi connectivity index (χ1) is 16.1. The van der Waals surface area contributed by atoms with Crippen molar-refractivity contribution in [1.82, 2.24) is 20.0 Å². The first-order valence-corrected chi connectivity index (χ1v) is 12.3. The molecular formula is C26H33ClN4O2. The van der Waals surface area contributed by atoms with Crippen molar-refractivity contribution in [2.45, 2.75) is 25.3 Å². The Morgan fingerprint density at radius 3 is 2.06 bits per heavy atom. The van der Waals surface area contributed by atoms with Crippen molar-refractivity contribution in [3.05, 3.63) is 70.7 Å². The lowest BCUT2D eigenvalue weighted by molar-refractivity contribution is -0.135. The van der Waals surface area contributed by atoms with Gasteiger partial charge in [-0.1, -0.05) is 41.9 Å². The van der Waals surface area contributed by atoms with Crippen molar-refractivity contribution in [3.8, 4) is 0 Å². The first-order valence-electron chi connectivity index (χ1n) is 11.9. The van der Waals surface area contributed by atoms with Gasteiger partial charge in [0.25, 0.3) is 5.91 Å². The van der Waals surface area contributed by atoms with E-state index in [1.165, 1.54) is 25.9 Å². The van der Waals surface area contributed by atoms with Crippen LogP contribution in [0.4, 0.5) is 0 Å². The van der Waals surface area contributed by atoms with Crippen LogP contribution in [0.1, 0.15) is 28.8 Å². The minimum Gasteiger partial charge on any atom is -0.340 e. The Morgan fingerprint density at radius 2 is 1.42 bits per heavy atom. The van der Waals surface area contributed by atoms with E-state index in [2.05, 4.69) is 15.1 Å². The second-order valence-electron chi connectivity index (χ2n) is 8.94. The monoisotopic (exact) mass is 468 g/mol. The number of hydrogen-bond acceptors (Lipinski definition) is 4. The Labute approximate surface area is 201 Å². The molecule has 0 saturated carbocycles. The van der Waals surface area contributed by atoms with Crippen molar-refractivity contribution >= 4 is 23.4 Å².